The molecule has 0 aromatic heterocycles. The van der Waals surface area contributed by atoms with Crippen molar-refractivity contribution in [2.45, 2.75) is 27.2 Å². The summed E-state index contributed by atoms with van der Waals surface area (Å²) in [6, 6.07) is 2.19. The van der Waals surface area contributed by atoms with Crippen LogP contribution >= 0.6 is 0 Å². The summed E-state index contributed by atoms with van der Waals surface area (Å²) >= 11 is 0. The number of carbonyl (C=O) groups excluding carboxylic acids is 2. The second-order valence-corrected chi connectivity index (χ2v) is 6.30. The van der Waals surface area contributed by atoms with Gasteiger partial charge in [-0.25, -0.2) is 0 Å². The maximum atomic E-state index is 12.4. The number of ketones is 2. The Kier molecular flexibility index (Phi) is 1.50. The third-order valence-corrected chi connectivity index (χ3v) is 5.37. The van der Waals surface area contributed by atoms with Crippen molar-refractivity contribution < 1.29 is 9.59 Å². The Hall–Kier alpha value is -1.17. The number of nitriles is 1. The standard InChI is InChI=1S/C13H15NO2/c1-12(2)8-9(12)11(16)13(3)6(5-14)4-7(13)10(8)15/h6-9H,4H2,1-3H3/t6-,7+,8+,9-,13-/m1/s1. The fraction of sp³-hybridized carbons (Fsp3) is 0.769. The molecule has 0 bridgehead atoms. The van der Waals surface area contributed by atoms with Gasteiger partial charge >= 0.3 is 0 Å². The van der Waals surface area contributed by atoms with Crippen LogP contribution in [0.2, 0.25) is 0 Å². The molecule has 0 unspecified atom stereocenters. The van der Waals surface area contributed by atoms with Gasteiger partial charge in [0.15, 0.2) is 0 Å². The molecule has 3 nitrogen and oxygen atoms in total. The van der Waals surface area contributed by atoms with Crippen LogP contribution in [0.5, 0.6) is 0 Å². The number of Topliss-reactive ketones (excluding diaryl/α,β-unsaturated/α-hetero) is 2. The zero-order valence-electron chi connectivity index (χ0n) is 9.78. The smallest absolute Gasteiger partial charge is 0.145 e. The third kappa shape index (κ3) is 0.753. The van der Waals surface area contributed by atoms with Gasteiger partial charge in [-0.05, 0) is 11.8 Å². The zero-order chi connectivity index (χ0) is 11.9. The van der Waals surface area contributed by atoms with E-state index in [0.717, 1.165) is 0 Å². The number of rotatable bonds is 0. The van der Waals surface area contributed by atoms with Gasteiger partial charge < -0.3 is 0 Å². The predicted octanol–water partition coefficient (Wildman–Crippen LogP) is 1.58. The van der Waals surface area contributed by atoms with E-state index in [9.17, 15) is 9.59 Å². The lowest BCUT2D eigenvalue weighted by atomic mass is 9.48. The SMILES string of the molecule is CC1(C)[C@@H]2C(=O)[C@@H]3C[C@H](C#N)[C@@]3(C)C(=O)[C@@H]21. The maximum absolute atomic E-state index is 12.4. The first-order valence-electron chi connectivity index (χ1n) is 5.84. The molecule has 3 heteroatoms. The topological polar surface area (TPSA) is 57.9 Å². The van der Waals surface area contributed by atoms with Crippen LogP contribution in [0.1, 0.15) is 27.2 Å². The van der Waals surface area contributed by atoms with E-state index < -0.39 is 5.41 Å². The van der Waals surface area contributed by atoms with E-state index in [1.54, 1.807) is 0 Å². The highest BCUT2D eigenvalue weighted by Gasteiger charge is 2.77. The molecule has 3 aliphatic carbocycles. The first-order chi connectivity index (χ1) is 7.36. The summed E-state index contributed by atoms with van der Waals surface area (Å²) in [5, 5.41) is 9.01. The summed E-state index contributed by atoms with van der Waals surface area (Å²) in [7, 11) is 0. The molecule has 0 spiro atoms. The lowest BCUT2D eigenvalue weighted by molar-refractivity contribution is -0.159. The molecule has 0 heterocycles. The molecule has 0 amide bonds. The van der Waals surface area contributed by atoms with E-state index in [1.165, 1.54) is 0 Å². The first-order valence-corrected chi connectivity index (χ1v) is 5.84. The number of fused-ring (bicyclic) bond motifs is 2. The summed E-state index contributed by atoms with van der Waals surface area (Å²) in [5.41, 5.74) is -0.824. The summed E-state index contributed by atoms with van der Waals surface area (Å²) in [6.45, 7) is 5.81. The molecular weight excluding hydrogens is 202 g/mol. The minimum absolute atomic E-state index is 0.0577. The number of hydrogen-bond donors (Lipinski definition) is 0. The van der Waals surface area contributed by atoms with Gasteiger partial charge in [-0.3, -0.25) is 9.59 Å². The normalized spacial score (nSPS) is 52.1. The molecular formula is C13H15NO2. The van der Waals surface area contributed by atoms with E-state index in [2.05, 4.69) is 6.07 Å². The molecule has 3 saturated carbocycles. The van der Waals surface area contributed by atoms with Crippen LogP contribution in [0.4, 0.5) is 0 Å². The summed E-state index contributed by atoms with van der Waals surface area (Å²) < 4.78 is 0. The Bertz CT molecular complexity index is 459. The molecule has 3 fully saturated rings. The maximum Gasteiger partial charge on any atom is 0.145 e. The summed E-state index contributed by atoms with van der Waals surface area (Å²) in [6.07, 6.45) is 0.594. The van der Waals surface area contributed by atoms with Gasteiger partial charge in [-0.1, -0.05) is 20.8 Å². The molecule has 0 saturated heterocycles. The van der Waals surface area contributed by atoms with E-state index in [-0.39, 0.29) is 40.7 Å². The number of hydrogen-bond acceptors (Lipinski definition) is 3. The Morgan fingerprint density at radius 2 is 1.88 bits per heavy atom. The molecule has 16 heavy (non-hydrogen) atoms. The molecule has 3 aliphatic rings. The fourth-order valence-corrected chi connectivity index (χ4v) is 3.96. The van der Waals surface area contributed by atoms with Gasteiger partial charge in [0.25, 0.3) is 0 Å². The van der Waals surface area contributed by atoms with E-state index in [4.69, 9.17) is 5.26 Å². The van der Waals surface area contributed by atoms with Crippen molar-refractivity contribution in [3.63, 3.8) is 0 Å². The summed E-state index contributed by atoms with van der Waals surface area (Å²) in [4.78, 5) is 24.6. The second-order valence-electron chi connectivity index (χ2n) is 6.30. The largest absolute Gasteiger partial charge is 0.299 e. The van der Waals surface area contributed by atoms with E-state index >= 15 is 0 Å². The number of nitrogens with zero attached hydrogens (tertiary/aromatic N) is 1. The van der Waals surface area contributed by atoms with E-state index in [0.29, 0.717) is 6.42 Å². The lowest BCUT2D eigenvalue weighted by Crippen LogP contribution is -2.58. The van der Waals surface area contributed by atoms with Crippen LogP contribution < -0.4 is 0 Å². The van der Waals surface area contributed by atoms with Crippen LogP contribution in [0.25, 0.3) is 0 Å². The molecule has 0 aromatic rings. The van der Waals surface area contributed by atoms with Crippen LogP contribution in [-0.4, -0.2) is 11.6 Å². The van der Waals surface area contributed by atoms with Crippen molar-refractivity contribution >= 4 is 11.6 Å². The molecule has 0 radical (unpaired) electrons. The van der Waals surface area contributed by atoms with Gasteiger partial charge in [0.2, 0.25) is 0 Å². The average molecular weight is 217 g/mol. The highest BCUT2D eigenvalue weighted by Crippen LogP contribution is 2.71. The van der Waals surface area contributed by atoms with Gasteiger partial charge in [-0.2, -0.15) is 5.26 Å². The first kappa shape index (κ1) is 10.0. The molecule has 0 N–H and O–H groups in total. The van der Waals surface area contributed by atoms with Crippen LogP contribution in [0, 0.1) is 45.8 Å². The van der Waals surface area contributed by atoms with Crippen molar-refractivity contribution in [1.29, 1.82) is 5.26 Å². The molecule has 3 rings (SSSR count). The highest BCUT2D eigenvalue weighted by atomic mass is 16.1. The van der Waals surface area contributed by atoms with Gasteiger partial charge in [0, 0.05) is 17.8 Å². The van der Waals surface area contributed by atoms with Crippen molar-refractivity contribution in [3.8, 4) is 6.07 Å². The average Bonchev–Trinajstić information content (AvgIpc) is 2.76. The molecule has 0 aliphatic heterocycles. The fourth-order valence-electron chi connectivity index (χ4n) is 3.96. The quantitative estimate of drug-likeness (QED) is 0.619. The molecule has 84 valence electrons. The van der Waals surface area contributed by atoms with E-state index in [1.807, 2.05) is 20.8 Å². The number of carbonyl (C=O) groups is 2. The monoisotopic (exact) mass is 217 g/mol. The predicted molar refractivity (Wildman–Crippen MR) is 56.1 cm³/mol. The minimum Gasteiger partial charge on any atom is -0.299 e. The van der Waals surface area contributed by atoms with Gasteiger partial charge in [0.1, 0.15) is 11.6 Å². The Balaban J connectivity index is 2.05. The van der Waals surface area contributed by atoms with Crippen LogP contribution in [0.3, 0.4) is 0 Å². The third-order valence-electron chi connectivity index (χ3n) is 5.37. The Labute approximate surface area is 94.8 Å². The van der Waals surface area contributed by atoms with Crippen molar-refractivity contribution in [1.82, 2.24) is 0 Å². The lowest BCUT2D eigenvalue weighted by Gasteiger charge is -2.51. The van der Waals surface area contributed by atoms with Gasteiger partial charge in [0.05, 0.1) is 17.4 Å². The Morgan fingerprint density at radius 1 is 1.25 bits per heavy atom. The highest BCUT2D eigenvalue weighted by molar-refractivity contribution is 6.08. The van der Waals surface area contributed by atoms with Crippen molar-refractivity contribution in [3.05, 3.63) is 0 Å². The second kappa shape index (κ2) is 2.40. The minimum atomic E-state index is -0.666. The van der Waals surface area contributed by atoms with Gasteiger partial charge in [-0.15, -0.1) is 0 Å². The summed E-state index contributed by atoms with van der Waals surface area (Å²) in [5.74, 6) is -0.178. The molecule has 5 atom stereocenters. The van der Waals surface area contributed by atoms with Crippen LogP contribution in [-0.2, 0) is 9.59 Å². The molecule has 0 aromatic carbocycles. The van der Waals surface area contributed by atoms with Crippen LogP contribution in [0.15, 0.2) is 0 Å². The van der Waals surface area contributed by atoms with Crippen molar-refractivity contribution in [2.75, 3.05) is 0 Å². The zero-order valence-corrected chi connectivity index (χ0v) is 9.78. The Morgan fingerprint density at radius 3 is 2.44 bits per heavy atom. The van der Waals surface area contributed by atoms with Crippen molar-refractivity contribution in [2.24, 2.45) is 34.5 Å².